The number of carbonyl (C=O) groups excluding carboxylic acids is 2. The molecule has 4 rings (SSSR count). The number of nitrogens with one attached hydrogen (secondary N) is 3. The molecule has 156 valence electrons. The lowest BCUT2D eigenvalue weighted by Crippen LogP contribution is -2.39. The van der Waals surface area contributed by atoms with Gasteiger partial charge in [-0.05, 0) is 62.1 Å². The van der Waals surface area contributed by atoms with Crippen molar-refractivity contribution in [2.75, 3.05) is 5.32 Å². The summed E-state index contributed by atoms with van der Waals surface area (Å²) in [6.07, 6.45) is 2.42. The molecule has 0 radical (unpaired) electrons. The third-order valence-corrected chi connectivity index (χ3v) is 5.67. The average molecular weight is 433 g/mol. The number of aromatic nitrogens is 2. The zero-order valence-corrected chi connectivity index (χ0v) is 16.6. The highest BCUT2D eigenvalue weighted by Crippen LogP contribution is 2.28. The first-order valence-electron chi connectivity index (χ1n) is 9.61. The van der Waals surface area contributed by atoms with Gasteiger partial charge >= 0.3 is 0 Å². The van der Waals surface area contributed by atoms with Crippen molar-refractivity contribution in [3.05, 3.63) is 58.7 Å². The van der Waals surface area contributed by atoms with E-state index in [0.717, 1.165) is 6.07 Å². The van der Waals surface area contributed by atoms with E-state index < -0.39 is 11.6 Å². The van der Waals surface area contributed by atoms with Crippen LogP contribution in [-0.2, 0) is 4.79 Å². The van der Waals surface area contributed by atoms with E-state index in [1.807, 2.05) is 0 Å². The number of H-pyrrole nitrogens is 1. The van der Waals surface area contributed by atoms with E-state index in [9.17, 15) is 18.4 Å². The first-order valence-corrected chi connectivity index (χ1v) is 9.99. The topological polar surface area (TPSA) is 86.9 Å². The van der Waals surface area contributed by atoms with Gasteiger partial charge in [-0.3, -0.25) is 14.7 Å². The normalized spacial score (nSPS) is 18.9. The van der Waals surface area contributed by atoms with Gasteiger partial charge in [0.25, 0.3) is 5.91 Å². The molecule has 1 fully saturated rings. The Balaban J connectivity index is 1.33. The van der Waals surface area contributed by atoms with Gasteiger partial charge in [0.15, 0.2) is 5.69 Å². The van der Waals surface area contributed by atoms with Crippen LogP contribution in [0.3, 0.4) is 0 Å². The number of halogens is 3. The van der Waals surface area contributed by atoms with Crippen LogP contribution in [-0.4, -0.2) is 28.1 Å². The van der Waals surface area contributed by atoms with Crippen molar-refractivity contribution in [1.29, 1.82) is 0 Å². The van der Waals surface area contributed by atoms with Crippen LogP contribution in [0, 0.1) is 17.6 Å². The standard InChI is InChI=1S/C21H19ClF2N4O2/c22-16-10-13(24)4-8-18(16)26-20(29)11-1-5-14(6-2-11)25-21(30)19-15-9-12(23)3-7-17(15)27-28-19/h3-4,7-11,14H,1-2,5-6H2,(H,25,30)(H,26,29)(H,27,28). The third kappa shape index (κ3) is 4.28. The maximum atomic E-state index is 13.5. The molecule has 2 amide bonds. The summed E-state index contributed by atoms with van der Waals surface area (Å²) in [5, 5.41) is 12.9. The summed E-state index contributed by atoms with van der Waals surface area (Å²) in [7, 11) is 0. The number of amides is 2. The molecule has 0 atom stereocenters. The number of anilines is 1. The van der Waals surface area contributed by atoms with E-state index >= 15 is 0 Å². The zero-order valence-electron chi connectivity index (χ0n) is 15.8. The molecule has 1 aromatic heterocycles. The average Bonchev–Trinajstić information content (AvgIpc) is 3.13. The molecule has 9 heteroatoms. The number of hydrogen-bond donors (Lipinski definition) is 3. The van der Waals surface area contributed by atoms with Crippen molar-refractivity contribution < 1.29 is 18.4 Å². The van der Waals surface area contributed by atoms with Gasteiger partial charge in [-0.25, -0.2) is 8.78 Å². The molecular weight excluding hydrogens is 414 g/mol. The maximum Gasteiger partial charge on any atom is 0.272 e. The summed E-state index contributed by atoms with van der Waals surface area (Å²) in [6.45, 7) is 0. The van der Waals surface area contributed by atoms with Gasteiger partial charge in [0.1, 0.15) is 11.6 Å². The molecule has 3 N–H and O–H groups in total. The van der Waals surface area contributed by atoms with Gasteiger partial charge in [0, 0.05) is 17.3 Å². The van der Waals surface area contributed by atoms with Gasteiger partial charge in [-0.15, -0.1) is 0 Å². The number of hydrogen-bond acceptors (Lipinski definition) is 3. The van der Waals surface area contributed by atoms with Crippen LogP contribution in [0.4, 0.5) is 14.5 Å². The third-order valence-electron chi connectivity index (χ3n) is 5.36. The monoisotopic (exact) mass is 432 g/mol. The Kier molecular flexibility index (Phi) is 5.67. The first kappa shape index (κ1) is 20.3. The van der Waals surface area contributed by atoms with Gasteiger partial charge in [0.2, 0.25) is 5.91 Å². The maximum absolute atomic E-state index is 13.5. The van der Waals surface area contributed by atoms with Crippen molar-refractivity contribution in [3.63, 3.8) is 0 Å². The summed E-state index contributed by atoms with van der Waals surface area (Å²) >= 11 is 5.96. The van der Waals surface area contributed by atoms with Crippen LogP contribution in [0.1, 0.15) is 36.2 Å². The quantitative estimate of drug-likeness (QED) is 0.570. The van der Waals surface area contributed by atoms with Gasteiger partial charge in [-0.1, -0.05) is 11.6 Å². The van der Waals surface area contributed by atoms with E-state index in [1.54, 1.807) is 0 Å². The van der Waals surface area contributed by atoms with Crippen LogP contribution < -0.4 is 10.6 Å². The molecule has 1 heterocycles. The highest BCUT2D eigenvalue weighted by molar-refractivity contribution is 6.33. The zero-order chi connectivity index (χ0) is 21.3. The Morgan fingerprint density at radius 1 is 1.03 bits per heavy atom. The summed E-state index contributed by atoms with van der Waals surface area (Å²) in [4.78, 5) is 25.1. The lowest BCUT2D eigenvalue weighted by Gasteiger charge is -2.28. The smallest absolute Gasteiger partial charge is 0.272 e. The molecule has 6 nitrogen and oxygen atoms in total. The second kappa shape index (κ2) is 8.39. The number of benzene rings is 2. The number of carbonyl (C=O) groups is 2. The number of aromatic amines is 1. The molecule has 30 heavy (non-hydrogen) atoms. The molecule has 0 unspecified atom stereocenters. The van der Waals surface area contributed by atoms with Gasteiger partial charge < -0.3 is 10.6 Å². The van der Waals surface area contributed by atoms with Crippen LogP contribution in [0.25, 0.3) is 10.9 Å². The Morgan fingerprint density at radius 3 is 2.47 bits per heavy atom. The van der Waals surface area contributed by atoms with E-state index in [-0.39, 0.29) is 34.5 Å². The highest BCUT2D eigenvalue weighted by atomic mass is 35.5. The molecule has 1 saturated carbocycles. The van der Waals surface area contributed by atoms with E-state index in [2.05, 4.69) is 20.8 Å². The highest BCUT2D eigenvalue weighted by Gasteiger charge is 2.28. The van der Waals surface area contributed by atoms with Crippen molar-refractivity contribution >= 4 is 40.0 Å². The van der Waals surface area contributed by atoms with Crippen molar-refractivity contribution in [3.8, 4) is 0 Å². The fourth-order valence-electron chi connectivity index (χ4n) is 3.74. The molecule has 0 spiro atoms. The second-order valence-corrected chi connectivity index (χ2v) is 7.80. The Morgan fingerprint density at radius 2 is 1.73 bits per heavy atom. The molecule has 0 saturated heterocycles. The molecular formula is C21H19ClF2N4O2. The van der Waals surface area contributed by atoms with Crippen molar-refractivity contribution in [1.82, 2.24) is 15.5 Å². The Labute approximate surface area is 176 Å². The predicted octanol–water partition coefficient (Wildman–Crippen LogP) is 4.42. The van der Waals surface area contributed by atoms with Crippen molar-refractivity contribution in [2.24, 2.45) is 5.92 Å². The molecule has 3 aromatic rings. The van der Waals surface area contributed by atoms with Crippen LogP contribution >= 0.6 is 11.6 Å². The fourth-order valence-corrected chi connectivity index (χ4v) is 3.95. The minimum Gasteiger partial charge on any atom is -0.348 e. The summed E-state index contributed by atoms with van der Waals surface area (Å²) in [6, 6.07) is 7.82. The van der Waals surface area contributed by atoms with Gasteiger partial charge in [-0.2, -0.15) is 5.10 Å². The molecule has 2 aromatic carbocycles. The summed E-state index contributed by atoms with van der Waals surface area (Å²) in [5.74, 6) is -1.69. The second-order valence-electron chi connectivity index (χ2n) is 7.40. The number of rotatable bonds is 4. The SMILES string of the molecule is O=C(NC1CCC(C(=O)Nc2ccc(F)cc2Cl)CC1)c1n[nH]c2ccc(F)cc12. The van der Waals surface area contributed by atoms with Crippen LogP contribution in [0.5, 0.6) is 0 Å². The fraction of sp³-hybridized carbons (Fsp3) is 0.286. The van der Waals surface area contributed by atoms with Crippen molar-refractivity contribution in [2.45, 2.75) is 31.7 Å². The summed E-state index contributed by atoms with van der Waals surface area (Å²) in [5.41, 5.74) is 1.10. The van der Waals surface area contributed by atoms with Gasteiger partial charge in [0.05, 0.1) is 16.2 Å². The molecule has 0 bridgehead atoms. The number of nitrogens with zero attached hydrogens (tertiary/aromatic N) is 1. The van der Waals surface area contributed by atoms with Crippen LogP contribution in [0.15, 0.2) is 36.4 Å². The predicted molar refractivity (Wildman–Crippen MR) is 109 cm³/mol. The molecule has 1 aliphatic rings. The molecule has 1 aliphatic carbocycles. The lowest BCUT2D eigenvalue weighted by atomic mass is 9.85. The van der Waals surface area contributed by atoms with E-state index in [1.165, 1.54) is 30.3 Å². The largest absolute Gasteiger partial charge is 0.348 e. The minimum atomic E-state index is -0.471. The minimum absolute atomic E-state index is 0.101. The van der Waals surface area contributed by atoms with Crippen LogP contribution in [0.2, 0.25) is 5.02 Å². The van der Waals surface area contributed by atoms with E-state index in [0.29, 0.717) is 42.3 Å². The number of fused-ring (bicyclic) bond motifs is 1. The lowest BCUT2D eigenvalue weighted by molar-refractivity contribution is -0.120. The Hall–Kier alpha value is -3.00. The van der Waals surface area contributed by atoms with E-state index in [4.69, 9.17) is 11.6 Å². The Bertz CT molecular complexity index is 1110. The summed E-state index contributed by atoms with van der Waals surface area (Å²) < 4.78 is 26.6. The first-order chi connectivity index (χ1) is 14.4. The molecule has 0 aliphatic heterocycles.